The van der Waals surface area contributed by atoms with E-state index in [-0.39, 0.29) is 51.1 Å². The number of fused-ring (bicyclic) bond motifs is 10. The van der Waals surface area contributed by atoms with Crippen molar-refractivity contribution in [1.82, 2.24) is 9.88 Å². The molecule has 5 heterocycles. The maximum absolute atomic E-state index is 14.2. The third kappa shape index (κ3) is 33.8. The predicted molar refractivity (Wildman–Crippen MR) is 528 cm³/mol. The molecule has 2 aromatic carbocycles. The van der Waals surface area contributed by atoms with Gasteiger partial charge in [0.05, 0.1) is 25.5 Å². The Kier molecular flexibility index (Phi) is 43.1. The summed E-state index contributed by atoms with van der Waals surface area (Å²) >= 11 is 2.08. The van der Waals surface area contributed by atoms with E-state index in [0.717, 1.165) is 23.5 Å². The normalized spacial score (nSPS) is 27.1. The molecule has 136 heavy (non-hydrogen) atoms. The molecule has 3 aromatic rings. The second-order valence-corrected chi connectivity index (χ2v) is 36.6. The van der Waals surface area contributed by atoms with Gasteiger partial charge in [-0.05, 0) is 80.5 Å². The summed E-state index contributed by atoms with van der Waals surface area (Å²) in [6, 6.07) is -13.8. The first kappa shape index (κ1) is 110. The fourth-order valence-electron chi connectivity index (χ4n) is 13.9. The van der Waals surface area contributed by atoms with Gasteiger partial charge in [-0.15, -0.1) is 0 Å². The summed E-state index contributed by atoms with van der Waals surface area (Å²) in [7, 11) is 0. The number of carbonyl (C=O) groups excluding carboxylic acids is 1. The summed E-state index contributed by atoms with van der Waals surface area (Å²) in [6.07, 6.45) is -1.89. The Bertz CT molecular complexity index is 5210. The SMILES string of the molecule is C=C1N=C(O)C2CSC(C)C(N=C(O)C(CC(C)C)N=C(O)C3CCCN3C(=O)CN=C(O)C(Cc3ccccc3)N=C1O)C(O)=NC(Cc1c[nH]c3ccccc13)C(O)=NC(CO)C(O)=NC1CSCC(N=C(O)C(CCC(=N)O)N=C(O)C(C(C)C)N=C(O)C(N)CSC(C)C(C(O)=NC(CCCCN)C(=O)O)N=C(O)C(CC(=N)O)N=C(O)CN=C(O)C(CC(=O)O)N=C1O)C(O)=N2. The number of nitrogens with zero attached hydrogens (tertiary/aromatic N) is 18. The van der Waals surface area contributed by atoms with Gasteiger partial charge in [-0.3, -0.25) is 20.4 Å². The number of carbonyl (C=O) groups is 3. The van der Waals surface area contributed by atoms with Gasteiger partial charge in [0.15, 0.2) is 29.8 Å². The van der Waals surface area contributed by atoms with E-state index in [1.807, 2.05) is 0 Å². The molecule has 0 aliphatic carbocycles. The minimum absolute atomic E-state index is 0.0669. The summed E-state index contributed by atoms with van der Waals surface area (Å²) in [5.41, 5.74) is 12.9. The van der Waals surface area contributed by atoms with Crippen LogP contribution in [0.1, 0.15) is 117 Å². The number of unbranched alkanes of at least 4 members (excludes halogenated alkanes) is 1. The number of aliphatic hydroxyl groups is 20. The Hall–Kier alpha value is -13.0. The second-order valence-electron chi connectivity index (χ2n) is 32.8. The van der Waals surface area contributed by atoms with Gasteiger partial charge in [0, 0.05) is 76.4 Å². The van der Waals surface area contributed by atoms with Crippen molar-refractivity contribution < 1.29 is 127 Å². The minimum Gasteiger partial charge on any atom is -0.497 e. The molecule has 7 rings (SSSR count). The van der Waals surface area contributed by atoms with Crippen LogP contribution < -0.4 is 11.5 Å². The summed E-state index contributed by atoms with van der Waals surface area (Å²) in [5.74, 6) is -28.3. The van der Waals surface area contributed by atoms with Crippen LogP contribution in [0.2, 0.25) is 0 Å². The Morgan fingerprint density at radius 2 is 1.14 bits per heavy atom. The quantitative estimate of drug-likeness (QED) is 0.0258. The van der Waals surface area contributed by atoms with Gasteiger partial charge in [-0.25, -0.2) is 89.7 Å². The summed E-state index contributed by atoms with van der Waals surface area (Å²) < 4.78 is 0. The van der Waals surface area contributed by atoms with E-state index in [0.29, 0.717) is 46.6 Å². The number of aliphatic imine (C=N–C) groups is 17. The van der Waals surface area contributed by atoms with Crippen LogP contribution in [0.4, 0.5) is 0 Å². The second kappa shape index (κ2) is 53.3. The van der Waals surface area contributed by atoms with E-state index in [1.54, 1.807) is 68.4 Å². The van der Waals surface area contributed by atoms with Crippen LogP contribution in [0.5, 0.6) is 0 Å². The van der Waals surface area contributed by atoms with Crippen LogP contribution in [0.15, 0.2) is 158 Å². The third-order valence-corrected chi connectivity index (χ3v) is 24.9. The number of carboxylic acids is 2. The highest BCUT2D eigenvalue weighted by Gasteiger charge is 2.39. The third-order valence-electron chi connectivity index (χ3n) is 21.2. The highest BCUT2D eigenvalue weighted by atomic mass is 32.2. The zero-order valence-electron chi connectivity index (χ0n) is 75.4. The van der Waals surface area contributed by atoms with Gasteiger partial charge in [-0.2, -0.15) is 35.3 Å². The Labute approximate surface area is 793 Å². The van der Waals surface area contributed by atoms with Crippen molar-refractivity contribution in [3.8, 4) is 0 Å². The number of carboxylic acid groups (broad SMARTS) is 2. The molecule has 0 spiro atoms. The lowest BCUT2D eigenvalue weighted by Gasteiger charge is -2.25. The molecule has 1 fully saturated rings. The van der Waals surface area contributed by atoms with Crippen LogP contribution in [0, 0.1) is 22.7 Å². The van der Waals surface area contributed by atoms with Gasteiger partial charge >= 0.3 is 11.9 Å². The smallest absolute Gasteiger partial charge is 0.328 e. The van der Waals surface area contributed by atoms with Gasteiger partial charge in [-0.1, -0.05) is 96.7 Å². The zero-order valence-corrected chi connectivity index (χ0v) is 77.8. The van der Waals surface area contributed by atoms with Crippen LogP contribution in [0.3, 0.4) is 0 Å². The number of para-hydroxylation sites is 1. The maximum Gasteiger partial charge on any atom is 0.328 e. The van der Waals surface area contributed by atoms with Crippen LogP contribution in [-0.4, -0.2) is 415 Å². The molecule has 48 nitrogen and oxygen atoms in total. The molecule has 1 saturated heterocycles. The summed E-state index contributed by atoms with van der Waals surface area (Å²) in [5, 5.41) is 273. The molecular weight excluding hydrogens is 1840 g/mol. The molecule has 4 aliphatic heterocycles. The monoisotopic (exact) mass is 1960 g/mol. The van der Waals surface area contributed by atoms with Crippen molar-refractivity contribution in [3.63, 3.8) is 0 Å². The van der Waals surface area contributed by atoms with Crippen LogP contribution >= 0.6 is 35.3 Å². The molecule has 0 radical (unpaired) electrons. The first-order valence-electron chi connectivity index (χ1n) is 43.3. The highest BCUT2D eigenvalue weighted by molar-refractivity contribution is 8.00. The molecule has 18 unspecified atom stereocenters. The molecule has 744 valence electrons. The molecular formula is C85H121N23O25S3. The number of aliphatic hydroxyl groups excluding tert-OH is 20. The number of benzene rings is 2. The predicted octanol–water partition coefficient (Wildman–Crippen LogP) is 7.85. The van der Waals surface area contributed by atoms with Crippen molar-refractivity contribution in [2.75, 3.05) is 55.8 Å². The van der Waals surface area contributed by atoms with Gasteiger partial charge in [0.25, 0.3) is 0 Å². The number of hydrogen-bond donors (Lipinski definition) is 27. The molecule has 4 bridgehead atoms. The lowest BCUT2D eigenvalue weighted by atomic mass is 10.0. The number of aromatic nitrogens is 1. The summed E-state index contributed by atoms with van der Waals surface area (Å²) in [6.45, 7) is 10.1. The van der Waals surface area contributed by atoms with E-state index in [4.69, 9.17) is 22.3 Å². The van der Waals surface area contributed by atoms with E-state index < -0.39 is 323 Å². The van der Waals surface area contributed by atoms with Gasteiger partial charge in [0.2, 0.25) is 100 Å². The fourth-order valence-corrected chi connectivity index (χ4v) is 17.0. The first-order valence-corrected chi connectivity index (χ1v) is 46.5. The number of amides is 1. The van der Waals surface area contributed by atoms with Crippen LogP contribution in [0.25, 0.3) is 10.9 Å². The number of rotatable bonds is 22. The number of thioether (sulfide) groups is 3. The van der Waals surface area contributed by atoms with Gasteiger partial charge < -0.3 is 134 Å². The van der Waals surface area contributed by atoms with Crippen molar-refractivity contribution in [1.29, 1.82) is 10.8 Å². The number of H-pyrrole nitrogens is 1. The molecule has 29 N–H and O–H groups in total. The average Bonchev–Trinajstić information content (AvgIpc) is 1.59. The minimum atomic E-state index is -2.25. The number of hydrogen-bond acceptors (Lipinski definition) is 28. The molecule has 51 heteroatoms. The average molecular weight is 1960 g/mol. The number of aliphatic carboxylic acids is 2. The Morgan fingerprint density at radius 1 is 0.574 bits per heavy atom. The molecule has 1 aromatic heterocycles. The topological polar surface area (TPSA) is 825 Å². The molecule has 0 saturated carbocycles. The van der Waals surface area contributed by atoms with Crippen molar-refractivity contribution in [2.24, 2.45) is 108 Å². The number of nitrogens with one attached hydrogen (secondary N) is 3. The Morgan fingerprint density at radius 3 is 1.78 bits per heavy atom. The van der Waals surface area contributed by atoms with E-state index in [1.165, 1.54) is 38.8 Å². The van der Waals surface area contributed by atoms with Crippen molar-refractivity contribution in [2.45, 2.75) is 226 Å². The van der Waals surface area contributed by atoms with Crippen LogP contribution in [-0.2, 0) is 27.2 Å². The highest BCUT2D eigenvalue weighted by Crippen LogP contribution is 2.30. The summed E-state index contributed by atoms with van der Waals surface area (Å²) in [4.78, 5) is 116. The lowest BCUT2D eigenvalue weighted by molar-refractivity contribution is -0.139. The number of nitrogens with two attached hydrogens (primary N) is 2. The van der Waals surface area contributed by atoms with Crippen molar-refractivity contribution >= 4 is 176 Å². The first-order chi connectivity index (χ1) is 64.4. The van der Waals surface area contributed by atoms with Gasteiger partial charge in [0.1, 0.15) is 97.3 Å². The van der Waals surface area contributed by atoms with E-state index in [9.17, 15) is 127 Å². The molecule has 4 aliphatic rings. The van der Waals surface area contributed by atoms with E-state index in [2.05, 4.69) is 96.4 Å². The molecule has 1 amide bonds. The molecule has 18 atom stereocenters. The van der Waals surface area contributed by atoms with Crippen molar-refractivity contribution in [3.05, 3.63) is 84.2 Å². The Balaban J connectivity index is 1.60. The zero-order chi connectivity index (χ0) is 100. The number of aromatic amines is 1. The fraction of sp³-hybridized carbons (Fsp3) is 0.553. The largest absolute Gasteiger partial charge is 0.497 e. The maximum atomic E-state index is 14.2. The lowest BCUT2D eigenvalue weighted by Crippen LogP contribution is -2.43. The van der Waals surface area contributed by atoms with E-state index >= 15 is 0 Å². The standard InChI is InChI=1S/C85H121N23O25S3/c1-39(2)26-51-75(122)106-68-43(7)136-38-59(78(125)93-41(5)69(116)97-52(27-44-16-9-8-10-17-44)71(118)92-33-64(113)108-25-15-21-60(108)81(128)99-51)104-80(127)58-37-134-36-57(103-77(124)56(34-109)101-74(121)53(100-84(68)131)28-45-31-90-48-19-12-11-18-46(45)48)79(126)98-55(30-65(114)115)72(119)91-32-63(112)94-54(29-62(89)111)76(123)107-67(83(130)96-50(85(132)133)20-13-14-24-86)42(6)135-35-47(87)70(117)105-66(40(3)4)82(129)95-49(73(120)102-58)22-23-61(88)110/h8-12,16-19,31,39-40,42-43,47,49-60,66-68,90,109H,5,13-15,20-30,32-38,86-87H2,1-4,6-7H3,(H2,88,110)(H2,89,111)(H,91,119)(H,92,118)(H,93,125)(H,94,112)(H,95,129)(H,96,130)(H,97,116)(H,98,126)(H,99,128)(H,100,131)(H,101,121)(H,102,120)(H,103,124)(H,104,127)(H,105,117)(H,106,122)(H,107,123)(H,114,115)(H,132,133).